The third-order valence-corrected chi connectivity index (χ3v) is 4.37. The third-order valence-electron chi connectivity index (χ3n) is 4.37. The van der Waals surface area contributed by atoms with E-state index in [-0.39, 0.29) is 12.1 Å². The van der Waals surface area contributed by atoms with E-state index in [2.05, 4.69) is 19.2 Å². The highest BCUT2D eigenvalue weighted by Gasteiger charge is 2.45. The molecule has 1 amide bonds. The topological polar surface area (TPSA) is 41.6 Å². The number of likely N-dealkylation sites (tertiary alicyclic amines) is 1. The van der Waals surface area contributed by atoms with Crippen LogP contribution in [-0.2, 0) is 4.74 Å². The molecule has 2 unspecified atom stereocenters. The van der Waals surface area contributed by atoms with E-state index in [0.29, 0.717) is 11.5 Å². The van der Waals surface area contributed by atoms with Crippen LogP contribution in [-0.4, -0.2) is 41.8 Å². The smallest absolute Gasteiger partial charge is 0.410 e. The van der Waals surface area contributed by atoms with Crippen molar-refractivity contribution in [1.82, 2.24) is 10.2 Å². The van der Waals surface area contributed by atoms with Crippen LogP contribution >= 0.6 is 0 Å². The summed E-state index contributed by atoms with van der Waals surface area (Å²) in [4.78, 5) is 14.2. The lowest BCUT2D eigenvalue weighted by atomic mass is 10.0. The van der Waals surface area contributed by atoms with Gasteiger partial charge in [0.25, 0.3) is 0 Å². The van der Waals surface area contributed by atoms with Gasteiger partial charge in [0.05, 0.1) is 0 Å². The van der Waals surface area contributed by atoms with Crippen molar-refractivity contribution < 1.29 is 9.53 Å². The number of hydrogen-bond donors (Lipinski definition) is 1. The zero-order valence-electron chi connectivity index (χ0n) is 13.7. The van der Waals surface area contributed by atoms with Crippen LogP contribution in [0.3, 0.4) is 0 Å². The highest BCUT2D eigenvalue weighted by Crippen LogP contribution is 2.44. The molecule has 4 heteroatoms. The fourth-order valence-electron chi connectivity index (χ4n) is 2.87. The Morgan fingerprint density at radius 2 is 2.00 bits per heavy atom. The van der Waals surface area contributed by atoms with E-state index in [1.807, 2.05) is 25.7 Å². The molecule has 20 heavy (non-hydrogen) atoms. The summed E-state index contributed by atoms with van der Waals surface area (Å²) in [7, 11) is 0. The molecule has 0 bridgehead atoms. The molecule has 1 aliphatic heterocycles. The number of piperidine rings is 1. The number of amides is 1. The first-order valence-electron chi connectivity index (χ1n) is 7.92. The van der Waals surface area contributed by atoms with Crippen molar-refractivity contribution in [3.8, 4) is 0 Å². The molecule has 1 heterocycles. The number of ether oxygens (including phenoxy) is 1. The van der Waals surface area contributed by atoms with Crippen LogP contribution in [0.2, 0.25) is 0 Å². The molecule has 1 saturated carbocycles. The van der Waals surface area contributed by atoms with Gasteiger partial charge in [-0.2, -0.15) is 0 Å². The van der Waals surface area contributed by atoms with Gasteiger partial charge in [0.2, 0.25) is 0 Å². The number of hydrogen-bond acceptors (Lipinski definition) is 3. The summed E-state index contributed by atoms with van der Waals surface area (Å²) in [6.07, 6.45) is 4.47. The first-order chi connectivity index (χ1) is 9.19. The molecule has 1 saturated heterocycles. The summed E-state index contributed by atoms with van der Waals surface area (Å²) in [6.45, 7) is 12.1. The predicted octanol–water partition coefficient (Wildman–Crippen LogP) is 3.16. The average molecular weight is 282 g/mol. The molecule has 2 rings (SSSR count). The third kappa shape index (κ3) is 4.11. The average Bonchev–Trinajstić information content (AvgIpc) is 2.92. The number of carbonyl (C=O) groups is 1. The summed E-state index contributed by atoms with van der Waals surface area (Å²) in [6, 6.07) is 0.903. The van der Waals surface area contributed by atoms with E-state index in [9.17, 15) is 4.79 Å². The lowest BCUT2D eigenvalue weighted by Crippen LogP contribution is -2.50. The second kappa shape index (κ2) is 5.55. The fourth-order valence-corrected chi connectivity index (χ4v) is 2.87. The predicted molar refractivity (Wildman–Crippen MR) is 80.8 cm³/mol. The minimum atomic E-state index is -0.412. The quantitative estimate of drug-likeness (QED) is 0.864. The van der Waals surface area contributed by atoms with E-state index in [0.717, 1.165) is 25.9 Å². The second-order valence-corrected chi connectivity index (χ2v) is 7.98. The zero-order chi connectivity index (χ0) is 15.0. The Morgan fingerprint density at radius 1 is 1.35 bits per heavy atom. The molecular formula is C16H30N2O2. The molecule has 1 aliphatic carbocycles. The lowest BCUT2D eigenvalue weighted by Gasteiger charge is -2.37. The fraction of sp³-hybridized carbons (Fsp3) is 0.938. The van der Waals surface area contributed by atoms with Gasteiger partial charge in [-0.15, -0.1) is 0 Å². The molecule has 2 fully saturated rings. The number of rotatable bonds is 3. The molecule has 1 N–H and O–H groups in total. The maximum Gasteiger partial charge on any atom is 0.410 e. The van der Waals surface area contributed by atoms with Crippen molar-refractivity contribution in [1.29, 1.82) is 0 Å². The SMILES string of the molecule is CC(C)(C)OC(=O)N1CCCCC1CNC1CC1(C)C. The Bertz CT molecular complexity index is 360. The van der Waals surface area contributed by atoms with Gasteiger partial charge < -0.3 is 15.0 Å². The van der Waals surface area contributed by atoms with Crippen molar-refractivity contribution in [2.45, 2.75) is 78.0 Å². The Hall–Kier alpha value is -0.770. The van der Waals surface area contributed by atoms with Crippen LogP contribution in [0.15, 0.2) is 0 Å². The van der Waals surface area contributed by atoms with Crippen molar-refractivity contribution in [3.05, 3.63) is 0 Å². The minimum Gasteiger partial charge on any atom is -0.444 e. The van der Waals surface area contributed by atoms with Gasteiger partial charge in [-0.25, -0.2) is 4.79 Å². The number of carbonyl (C=O) groups excluding carboxylic acids is 1. The summed E-state index contributed by atoms with van der Waals surface area (Å²) in [5.74, 6) is 0. The van der Waals surface area contributed by atoms with Crippen LogP contribution in [0.5, 0.6) is 0 Å². The number of nitrogens with zero attached hydrogens (tertiary/aromatic N) is 1. The second-order valence-electron chi connectivity index (χ2n) is 7.98. The van der Waals surface area contributed by atoms with Gasteiger partial charge in [0.15, 0.2) is 0 Å². The highest BCUT2D eigenvalue weighted by molar-refractivity contribution is 5.68. The Labute approximate surface area is 123 Å². The zero-order valence-corrected chi connectivity index (χ0v) is 13.7. The van der Waals surface area contributed by atoms with Crippen LogP contribution in [0.25, 0.3) is 0 Å². The van der Waals surface area contributed by atoms with Crippen molar-refractivity contribution in [3.63, 3.8) is 0 Å². The molecule has 0 aromatic heterocycles. The maximum atomic E-state index is 12.3. The van der Waals surface area contributed by atoms with Gasteiger partial charge >= 0.3 is 6.09 Å². The Morgan fingerprint density at radius 3 is 2.55 bits per heavy atom. The van der Waals surface area contributed by atoms with E-state index < -0.39 is 5.60 Å². The molecule has 2 aliphatic rings. The molecule has 0 spiro atoms. The summed E-state index contributed by atoms with van der Waals surface area (Å²) in [5.41, 5.74) is 0.0242. The molecule has 116 valence electrons. The van der Waals surface area contributed by atoms with E-state index >= 15 is 0 Å². The maximum absolute atomic E-state index is 12.3. The molecular weight excluding hydrogens is 252 g/mol. The molecule has 4 nitrogen and oxygen atoms in total. The molecule has 0 aromatic carbocycles. The van der Waals surface area contributed by atoms with Crippen molar-refractivity contribution in [2.75, 3.05) is 13.1 Å². The summed E-state index contributed by atoms with van der Waals surface area (Å²) in [5, 5.41) is 3.61. The van der Waals surface area contributed by atoms with Crippen LogP contribution in [0.1, 0.15) is 60.3 Å². The van der Waals surface area contributed by atoms with Crippen molar-refractivity contribution >= 4 is 6.09 Å². The highest BCUT2D eigenvalue weighted by atomic mass is 16.6. The van der Waals surface area contributed by atoms with Crippen molar-refractivity contribution in [2.24, 2.45) is 5.41 Å². The lowest BCUT2D eigenvalue weighted by molar-refractivity contribution is 0.00985. The summed E-state index contributed by atoms with van der Waals surface area (Å²) < 4.78 is 5.53. The first-order valence-corrected chi connectivity index (χ1v) is 7.92. The Kier molecular flexibility index (Phi) is 4.33. The van der Waals surface area contributed by atoms with E-state index in [1.165, 1.54) is 12.8 Å². The van der Waals surface area contributed by atoms with E-state index in [4.69, 9.17) is 4.74 Å². The minimum absolute atomic E-state index is 0.154. The van der Waals surface area contributed by atoms with E-state index in [1.54, 1.807) is 0 Å². The largest absolute Gasteiger partial charge is 0.444 e. The summed E-state index contributed by atoms with van der Waals surface area (Å²) >= 11 is 0. The van der Waals surface area contributed by atoms with Crippen LogP contribution < -0.4 is 5.32 Å². The van der Waals surface area contributed by atoms with Crippen LogP contribution in [0.4, 0.5) is 4.79 Å². The van der Waals surface area contributed by atoms with Gasteiger partial charge in [-0.3, -0.25) is 0 Å². The molecule has 0 aromatic rings. The van der Waals surface area contributed by atoms with Crippen LogP contribution in [0, 0.1) is 5.41 Å². The molecule has 2 atom stereocenters. The standard InChI is InChI=1S/C16H30N2O2/c1-15(2,3)20-14(19)18-9-7-6-8-12(18)11-17-13-10-16(13,4)5/h12-13,17H,6-11H2,1-5H3. The van der Waals surface area contributed by atoms with Gasteiger partial charge in [0, 0.05) is 25.2 Å². The first kappa shape index (κ1) is 15.6. The van der Waals surface area contributed by atoms with Gasteiger partial charge in [0.1, 0.15) is 5.60 Å². The Balaban J connectivity index is 1.86. The number of nitrogens with one attached hydrogen (secondary N) is 1. The normalized spacial score (nSPS) is 29.1. The van der Waals surface area contributed by atoms with Gasteiger partial charge in [-0.05, 0) is 51.9 Å². The monoisotopic (exact) mass is 282 g/mol. The molecule has 0 radical (unpaired) electrons. The van der Waals surface area contributed by atoms with Gasteiger partial charge in [-0.1, -0.05) is 13.8 Å².